The summed E-state index contributed by atoms with van der Waals surface area (Å²) in [4.78, 5) is 54.4. The Morgan fingerprint density at radius 3 is 2.62 bits per heavy atom. The first-order chi connectivity index (χ1) is 19.4. The summed E-state index contributed by atoms with van der Waals surface area (Å²) in [7, 11) is 1.56. The van der Waals surface area contributed by atoms with Gasteiger partial charge in [0.05, 0.1) is 25.7 Å². The molecular formula is C31H50N2O7. The van der Waals surface area contributed by atoms with Crippen LogP contribution < -0.4 is 5.32 Å². The molecule has 0 radical (unpaired) electrons. The van der Waals surface area contributed by atoms with Gasteiger partial charge in [0.25, 0.3) is 0 Å². The molecule has 3 rings (SSSR count). The van der Waals surface area contributed by atoms with Crippen LogP contribution in [-0.4, -0.2) is 73.2 Å². The number of carbonyl (C=O) groups excluding carboxylic acids is 4. The van der Waals surface area contributed by atoms with Crippen LogP contribution in [0.5, 0.6) is 0 Å². The van der Waals surface area contributed by atoms with Crippen LogP contribution >= 0.6 is 0 Å². The van der Waals surface area contributed by atoms with Crippen molar-refractivity contribution in [2.75, 3.05) is 26.9 Å². The first-order valence-corrected chi connectivity index (χ1v) is 15.1. The molecule has 226 valence electrons. The van der Waals surface area contributed by atoms with E-state index in [-0.39, 0.29) is 50.0 Å². The maximum Gasteiger partial charge on any atom is 0.332 e. The molecule has 40 heavy (non-hydrogen) atoms. The third-order valence-corrected chi connectivity index (χ3v) is 7.80. The number of ether oxygens (including phenoxy) is 3. The van der Waals surface area contributed by atoms with Crippen LogP contribution in [0.25, 0.3) is 0 Å². The molecule has 1 aliphatic carbocycles. The summed E-state index contributed by atoms with van der Waals surface area (Å²) >= 11 is 0. The third-order valence-electron chi connectivity index (χ3n) is 7.80. The van der Waals surface area contributed by atoms with Crippen LogP contribution in [0.1, 0.15) is 91.4 Å². The summed E-state index contributed by atoms with van der Waals surface area (Å²) in [5, 5.41) is 2.95. The van der Waals surface area contributed by atoms with E-state index >= 15 is 0 Å². The second kappa shape index (κ2) is 17.2. The molecule has 2 aliphatic heterocycles. The zero-order valence-electron chi connectivity index (χ0n) is 25.0. The molecule has 0 aromatic rings. The lowest BCUT2D eigenvalue weighted by atomic mass is 9.95. The lowest BCUT2D eigenvalue weighted by molar-refractivity contribution is -0.152. The fraction of sp³-hybridized carbons (Fsp3) is 0.742. The number of unbranched alkanes of at least 4 members (excludes halogenated alkanes) is 1. The zero-order valence-corrected chi connectivity index (χ0v) is 25.0. The monoisotopic (exact) mass is 562 g/mol. The van der Waals surface area contributed by atoms with Crippen LogP contribution in [0.4, 0.5) is 0 Å². The van der Waals surface area contributed by atoms with Crippen LogP contribution in [0.15, 0.2) is 24.8 Å². The highest BCUT2D eigenvalue weighted by atomic mass is 16.5. The van der Waals surface area contributed by atoms with E-state index in [9.17, 15) is 19.2 Å². The molecule has 9 heteroatoms. The number of carbonyl (C=O) groups is 4. The minimum absolute atomic E-state index is 0.0208. The van der Waals surface area contributed by atoms with Crippen molar-refractivity contribution in [2.45, 2.75) is 109 Å². The Hall–Kier alpha value is -2.68. The highest BCUT2D eigenvalue weighted by molar-refractivity contribution is 5.96. The van der Waals surface area contributed by atoms with Gasteiger partial charge >= 0.3 is 11.9 Å². The minimum Gasteiger partial charge on any atom is -0.466 e. The molecule has 2 fully saturated rings. The van der Waals surface area contributed by atoms with Crippen molar-refractivity contribution in [3.63, 3.8) is 0 Å². The van der Waals surface area contributed by atoms with Gasteiger partial charge in [-0.1, -0.05) is 51.3 Å². The van der Waals surface area contributed by atoms with Gasteiger partial charge in [0.1, 0.15) is 11.6 Å². The van der Waals surface area contributed by atoms with Gasteiger partial charge in [-0.3, -0.25) is 14.4 Å². The molecule has 5 atom stereocenters. The topological polar surface area (TPSA) is 111 Å². The number of amides is 2. The van der Waals surface area contributed by atoms with Crippen molar-refractivity contribution in [1.82, 2.24) is 10.2 Å². The van der Waals surface area contributed by atoms with Crippen LogP contribution in [-0.2, 0) is 33.4 Å². The molecule has 0 aromatic carbocycles. The second-order valence-electron chi connectivity index (χ2n) is 10.6. The van der Waals surface area contributed by atoms with E-state index in [1.54, 1.807) is 20.1 Å². The zero-order chi connectivity index (χ0) is 29.5. The Balaban J connectivity index is 0.00000274. The summed E-state index contributed by atoms with van der Waals surface area (Å²) in [5.41, 5.74) is -1.10. The fourth-order valence-corrected chi connectivity index (χ4v) is 5.46. The molecule has 1 saturated heterocycles. The SMILES string of the molecule is C=CCCCOC(=O)C[C@H]1CCCCCCC=C[C@@H]2C[C@@]2(C(=O)OCC)NC(=O)[C@@H]2C[C@@H](OC)CN2C1=O.CC. The molecule has 1 saturated carbocycles. The summed E-state index contributed by atoms with van der Waals surface area (Å²) in [6.07, 6.45) is 13.0. The molecule has 0 aromatic heterocycles. The minimum atomic E-state index is -1.10. The van der Waals surface area contributed by atoms with E-state index in [0.29, 0.717) is 25.7 Å². The highest BCUT2D eigenvalue weighted by Crippen LogP contribution is 2.46. The molecule has 3 aliphatic rings. The van der Waals surface area contributed by atoms with Gasteiger partial charge in [-0.05, 0) is 45.4 Å². The number of hydrogen-bond acceptors (Lipinski definition) is 7. The smallest absolute Gasteiger partial charge is 0.332 e. The van der Waals surface area contributed by atoms with E-state index in [0.717, 1.165) is 38.5 Å². The molecule has 0 spiro atoms. The number of nitrogens with zero attached hydrogens (tertiary/aromatic N) is 1. The maximum atomic E-state index is 13.8. The van der Waals surface area contributed by atoms with Crippen molar-refractivity contribution in [2.24, 2.45) is 11.8 Å². The fourth-order valence-electron chi connectivity index (χ4n) is 5.46. The standard InChI is InChI=1S/C29H44N2O7.C2H6/c1-4-6-13-16-38-25(32)17-21-14-11-9-7-8-10-12-15-22-19-29(22,28(35)37-5-2)30-26(33)24-18-23(36-3)20-31(24)27(21)34;1-2/h4,12,15,21-24H,1,5-11,13-14,16-20H2,2-3H3,(H,30,33);1-2H3/t21-,22-,23-,24+,29-;/m1./s1. The summed E-state index contributed by atoms with van der Waals surface area (Å²) in [6, 6.07) is -0.789. The molecule has 0 unspecified atom stereocenters. The first kappa shape index (κ1) is 33.5. The molecule has 9 nitrogen and oxygen atoms in total. The van der Waals surface area contributed by atoms with Gasteiger partial charge in [-0.15, -0.1) is 6.58 Å². The Kier molecular flexibility index (Phi) is 14.4. The quantitative estimate of drug-likeness (QED) is 0.250. The van der Waals surface area contributed by atoms with E-state index < -0.39 is 29.4 Å². The lowest BCUT2D eigenvalue weighted by Gasteiger charge is -2.29. The number of nitrogens with one attached hydrogen (secondary N) is 1. The van der Waals surface area contributed by atoms with E-state index in [1.165, 1.54) is 4.90 Å². The van der Waals surface area contributed by atoms with Crippen LogP contribution in [0.3, 0.4) is 0 Å². The summed E-state index contributed by atoms with van der Waals surface area (Å²) in [5.74, 6) is -2.19. The van der Waals surface area contributed by atoms with Gasteiger partial charge in [-0.2, -0.15) is 0 Å². The van der Waals surface area contributed by atoms with Gasteiger partial charge < -0.3 is 24.4 Å². The number of esters is 2. The molecule has 1 N–H and O–H groups in total. The van der Waals surface area contributed by atoms with Crippen molar-refractivity contribution in [3.8, 4) is 0 Å². The molecule has 2 amide bonds. The largest absolute Gasteiger partial charge is 0.466 e. The van der Waals surface area contributed by atoms with Crippen LogP contribution in [0.2, 0.25) is 0 Å². The first-order valence-electron chi connectivity index (χ1n) is 15.1. The average molecular weight is 563 g/mol. The van der Waals surface area contributed by atoms with Crippen LogP contribution in [0, 0.1) is 11.8 Å². The maximum absolute atomic E-state index is 13.8. The number of methoxy groups -OCH3 is 1. The average Bonchev–Trinajstić information content (AvgIpc) is 3.47. The second-order valence-corrected chi connectivity index (χ2v) is 10.6. The predicted octanol–water partition coefficient (Wildman–Crippen LogP) is 4.49. The van der Waals surface area contributed by atoms with E-state index in [4.69, 9.17) is 14.2 Å². The lowest BCUT2D eigenvalue weighted by Crippen LogP contribution is -2.54. The number of allylic oxidation sites excluding steroid dienone is 2. The van der Waals surface area contributed by atoms with Gasteiger partial charge in [0, 0.05) is 31.9 Å². The predicted molar refractivity (Wildman–Crippen MR) is 153 cm³/mol. The van der Waals surface area contributed by atoms with Crippen molar-refractivity contribution in [3.05, 3.63) is 24.8 Å². The Morgan fingerprint density at radius 2 is 1.93 bits per heavy atom. The van der Waals surface area contributed by atoms with E-state index in [1.807, 2.05) is 19.9 Å². The molecule has 0 bridgehead atoms. The molecular weight excluding hydrogens is 512 g/mol. The van der Waals surface area contributed by atoms with Gasteiger partial charge in [0.2, 0.25) is 11.8 Å². The van der Waals surface area contributed by atoms with Gasteiger partial charge in [0.15, 0.2) is 0 Å². The number of hydrogen-bond donors (Lipinski definition) is 1. The Labute approximate surface area is 240 Å². The van der Waals surface area contributed by atoms with Crippen molar-refractivity contribution in [1.29, 1.82) is 0 Å². The third kappa shape index (κ3) is 9.18. The van der Waals surface area contributed by atoms with Crippen molar-refractivity contribution >= 4 is 23.8 Å². The normalized spacial score (nSPS) is 28.8. The van der Waals surface area contributed by atoms with E-state index in [2.05, 4.69) is 18.0 Å². The Bertz CT molecular complexity index is 889. The van der Waals surface area contributed by atoms with Gasteiger partial charge in [-0.25, -0.2) is 4.79 Å². The molecule has 2 heterocycles. The Morgan fingerprint density at radius 1 is 1.18 bits per heavy atom. The summed E-state index contributed by atoms with van der Waals surface area (Å²) in [6.45, 7) is 10.2. The highest BCUT2D eigenvalue weighted by Gasteiger charge is 2.62. The number of rotatable bonds is 9. The summed E-state index contributed by atoms with van der Waals surface area (Å²) < 4.78 is 16.2. The number of fused-ring (bicyclic) bond motifs is 2. The van der Waals surface area contributed by atoms with Crippen molar-refractivity contribution < 1.29 is 33.4 Å².